The van der Waals surface area contributed by atoms with Crippen LogP contribution in [0.1, 0.15) is 91.9 Å². The van der Waals surface area contributed by atoms with E-state index in [-0.39, 0.29) is 0 Å². The van der Waals surface area contributed by atoms with E-state index in [4.69, 9.17) is 0 Å². The van der Waals surface area contributed by atoms with E-state index in [9.17, 15) is 0 Å². The fourth-order valence-corrected chi connectivity index (χ4v) is 7.45. The van der Waals surface area contributed by atoms with Gasteiger partial charge in [-0.15, -0.1) is 0 Å². The molecule has 0 unspecified atom stereocenters. The first-order valence-corrected chi connectivity index (χ1v) is 11.6. The fourth-order valence-electron chi connectivity index (χ4n) is 3.05. The molecule has 0 aliphatic heterocycles. The van der Waals surface area contributed by atoms with Crippen LogP contribution >= 0.6 is 7.26 Å². The van der Waals surface area contributed by atoms with E-state index < -0.39 is 7.26 Å². The minimum absolute atomic E-state index is 0.574. The van der Waals surface area contributed by atoms with Gasteiger partial charge in [-0.1, -0.05) is 52.9 Å². The van der Waals surface area contributed by atoms with Crippen molar-refractivity contribution in [3.63, 3.8) is 0 Å². The van der Waals surface area contributed by atoms with Crippen molar-refractivity contribution in [2.75, 3.05) is 24.6 Å². The second-order valence-electron chi connectivity index (χ2n) is 6.30. The predicted octanol–water partition coefficient (Wildman–Crippen LogP) is 6.98. The Balaban J connectivity index is 4.15. The van der Waals surface area contributed by atoms with Crippen molar-refractivity contribution < 1.29 is 0 Å². The van der Waals surface area contributed by atoms with Gasteiger partial charge in [0.25, 0.3) is 0 Å². The fraction of sp³-hybridized carbons (Fsp3) is 1.00. The van der Waals surface area contributed by atoms with Gasteiger partial charge in [-0.3, -0.25) is 0 Å². The molecule has 0 fully saturated rings. The average molecular weight is 287 g/mol. The summed E-state index contributed by atoms with van der Waals surface area (Å²) >= 11 is 0. The summed E-state index contributed by atoms with van der Waals surface area (Å²) in [5.74, 6) is 0. The van der Waals surface area contributed by atoms with Gasteiger partial charge < -0.3 is 0 Å². The van der Waals surface area contributed by atoms with Crippen molar-refractivity contribution in [2.45, 2.75) is 91.9 Å². The standard InChI is InChI=1S/C18H40P/c1-5-9-12-14-17-19(8-4,16-11-7-3)18-15-13-10-6-2/h5-18H2,1-4H3/q+1. The zero-order valence-corrected chi connectivity index (χ0v) is 15.2. The quantitative estimate of drug-likeness (QED) is 0.239. The highest BCUT2D eigenvalue weighted by Crippen LogP contribution is 2.60. The second kappa shape index (κ2) is 13.4. The maximum atomic E-state index is 2.49. The van der Waals surface area contributed by atoms with Crippen LogP contribution in [0.2, 0.25) is 0 Å². The molecule has 0 aromatic rings. The van der Waals surface area contributed by atoms with E-state index in [1.807, 2.05) is 0 Å². The zero-order chi connectivity index (χ0) is 14.4. The van der Waals surface area contributed by atoms with Crippen LogP contribution in [0.5, 0.6) is 0 Å². The zero-order valence-electron chi connectivity index (χ0n) is 14.3. The van der Waals surface area contributed by atoms with Crippen LogP contribution in [0.25, 0.3) is 0 Å². The summed E-state index contributed by atoms with van der Waals surface area (Å²) in [7, 11) is -0.574. The maximum absolute atomic E-state index is 2.49. The third-order valence-corrected chi connectivity index (χ3v) is 9.77. The van der Waals surface area contributed by atoms with Gasteiger partial charge in [-0.25, -0.2) is 0 Å². The van der Waals surface area contributed by atoms with Gasteiger partial charge in [0.1, 0.15) is 0 Å². The molecule has 0 atom stereocenters. The molecule has 0 rings (SSSR count). The van der Waals surface area contributed by atoms with Gasteiger partial charge in [-0.05, 0) is 39.0 Å². The van der Waals surface area contributed by atoms with Crippen LogP contribution in [0.3, 0.4) is 0 Å². The lowest BCUT2D eigenvalue weighted by Crippen LogP contribution is -2.11. The molecule has 19 heavy (non-hydrogen) atoms. The second-order valence-corrected chi connectivity index (χ2v) is 11.0. The van der Waals surface area contributed by atoms with Gasteiger partial charge in [0.05, 0.1) is 24.6 Å². The molecule has 0 amide bonds. The smallest absolute Gasteiger partial charge is 0.0594 e. The van der Waals surface area contributed by atoms with Crippen LogP contribution in [-0.2, 0) is 0 Å². The Bertz CT molecular complexity index is 165. The Morgan fingerprint density at radius 3 is 1.26 bits per heavy atom. The summed E-state index contributed by atoms with van der Waals surface area (Å²) in [5, 5.41) is 0. The molecular weight excluding hydrogens is 247 g/mol. The van der Waals surface area contributed by atoms with Crippen molar-refractivity contribution in [1.82, 2.24) is 0 Å². The SMILES string of the molecule is CCCCCC[P+](CC)(CCCC)CCCCCC. The minimum Gasteiger partial charge on any atom is -0.0654 e. The maximum Gasteiger partial charge on any atom is 0.0594 e. The molecular formula is C18H40P+. The number of hydrogen-bond donors (Lipinski definition) is 0. The first-order chi connectivity index (χ1) is 9.24. The minimum atomic E-state index is -0.574. The van der Waals surface area contributed by atoms with E-state index >= 15 is 0 Å². The monoisotopic (exact) mass is 287 g/mol. The van der Waals surface area contributed by atoms with Crippen molar-refractivity contribution >= 4 is 7.26 Å². The lowest BCUT2D eigenvalue weighted by molar-refractivity contribution is 0.691. The van der Waals surface area contributed by atoms with Gasteiger partial charge in [0.2, 0.25) is 0 Å². The Kier molecular flexibility index (Phi) is 13.7. The Morgan fingerprint density at radius 2 is 0.895 bits per heavy atom. The van der Waals surface area contributed by atoms with E-state index in [1.54, 1.807) is 18.5 Å². The molecule has 0 aromatic carbocycles. The topological polar surface area (TPSA) is 0 Å². The number of unbranched alkanes of at least 4 members (excludes halogenated alkanes) is 7. The number of hydrogen-bond acceptors (Lipinski definition) is 0. The molecule has 0 spiro atoms. The van der Waals surface area contributed by atoms with Crippen molar-refractivity contribution in [3.05, 3.63) is 0 Å². The molecule has 116 valence electrons. The van der Waals surface area contributed by atoms with Crippen LogP contribution in [0.4, 0.5) is 0 Å². The van der Waals surface area contributed by atoms with Gasteiger partial charge in [0, 0.05) is 7.26 Å². The van der Waals surface area contributed by atoms with E-state index in [1.165, 1.54) is 70.4 Å². The average Bonchev–Trinajstić information content (AvgIpc) is 2.45. The lowest BCUT2D eigenvalue weighted by atomic mass is 10.2. The van der Waals surface area contributed by atoms with Crippen LogP contribution < -0.4 is 0 Å². The molecule has 0 aliphatic rings. The molecule has 0 saturated heterocycles. The van der Waals surface area contributed by atoms with Crippen LogP contribution in [0, 0.1) is 0 Å². The highest BCUT2D eigenvalue weighted by Gasteiger charge is 2.33. The van der Waals surface area contributed by atoms with E-state index in [0.717, 1.165) is 0 Å². The molecule has 0 bridgehead atoms. The summed E-state index contributed by atoms with van der Waals surface area (Å²) in [6, 6.07) is 0. The van der Waals surface area contributed by atoms with Crippen LogP contribution in [-0.4, -0.2) is 24.6 Å². The highest BCUT2D eigenvalue weighted by molar-refractivity contribution is 7.75. The van der Waals surface area contributed by atoms with E-state index in [0.29, 0.717) is 0 Å². The van der Waals surface area contributed by atoms with Crippen LogP contribution in [0.15, 0.2) is 0 Å². The molecule has 1 heteroatoms. The van der Waals surface area contributed by atoms with E-state index in [2.05, 4.69) is 27.7 Å². The Morgan fingerprint density at radius 1 is 0.474 bits per heavy atom. The summed E-state index contributed by atoms with van der Waals surface area (Å²) < 4.78 is 0. The molecule has 0 radical (unpaired) electrons. The molecule has 0 nitrogen and oxygen atoms in total. The first kappa shape index (κ1) is 19.4. The van der Waals surface area contributed by atoms with Gasteiger partial charge in [-0.2, -0.15) is 0 Å². The Hall–Kier alpha value is 0.430. The summed E-state index contributed by atoms with van der Waals surface area (Å²) in [6.45, 7) is 9.50. The predicted molar refractivity (Wildman–Crippen MR) is 95.3 cm³/mol. The van der Waals surface area contributed by atoms with Crippen molar-refractivity contribution in [2.24, 2.45) is 0 Å². The first-order valence-electron chi connectivity index (χ1n) is 9.09. The normalized spacial score (nSPS) is 12.0. The summed E-state index contributed by atoms with van der Waals surface area (Å²) in [6.07, 6.45) is 20.9. The van der Waals surface area contributed by atoms with Crippen molar-refractivity contribution in [1.29, 1.82) is 0 Å². The lowest BCUT2D eigenvalue weighted by Gasteiger charge is -2.27. The molecule has 0 heterocycles. The highest BCUT2D eigenvalue weighted by atomic mass is 31.2. The summed E-state index contributed by atoms with van der Waals surface area (Å²) in [4.78, 5) is 0. The summed E-state index contributed by atoms with van der Waals surface area (Å²) in [5.41, 5.74) is 0. The molecule has 0 N–H and O–H groups in total. The number of rotatable bonds is 14. The van der Waals surface area contributed by atoms with Gasteiger partial charge >= 0.3 is 0 Å². The largest absolute Gasteiger partial charge is 0.0654 e. The van der Waals surface area contributed by atoms with Gasteiger partial charge in [0.15, 0.2) is 0 Å². The molecule has 0 aliphatic carbocycles. The van der Waals surface area contributed by atoms with Crippen molar-refractivity contribution in [3.8, 4) is 0 Å². The Labute approximate surface area is 124 Å². The molecule has 0 aromatic heterocycles. The third-order valence-electron chi connectivity index (χ3n) is 4.63. The molecule has 0 saturated carbocycles. The third kappa shape index (κ3) is 9.89.